The first kappa shape index (κ1) is 11.8. The number of rotatable bonds is 7. The third-order valence-electron chi connectivity index (χ3n) is 1.71. The third-order valence-corrected chi connectivity index (χ3v) is 1.71. The quantitative estimate of drug-likeness (QED) is 0.406. The van der Waals surface area contributed by atoms with Gasteiger partial charge < -0.3 is 20.6 Å². The highest BCUT2D eigenvalue weighted by molar-refractivity contribution is 4.64. The van der Waals surface area contributed by atoms with Crippen LogP contribution in [0.3, 0.4) is 0 Å². The molecule has 0 amide bonds. The van der Waals surface area contributed by atoms with Crippen LogP contribution in [0.15, 0.2) is 0 Å². The van der Waals surface area contributed by atoms with Crippen LogP contribution in [-0.2, 0) is 0 Å². The van der Waals surface area contributed by atoms with Gasteiger partial charge in [0.15, 0.2) is 0 Å². The van der Waals surface area contributed by atoms with Crippen molar-refractivity contribution in [3.8, 4) is 0 Å². The van der Waals surface area contributed by atoms with Gasteiger partial charge in [-0.3, -0.25) is 0 Å². The average molecular weight is 177 g/mol. The minimum atomic E-state index is -0.679. The van der Waals surface area contributed by atoms with Crippen LogP contribution in [0.4, 0.5) is 0 Å². The predicted octanol–water partition coefficient (Wildman–Crippen LogP) is -0.910. The van der Waals surface area contributed by atoms with Gasteiger partial charge in [-0.05, 0) is 19.8 Å². The lowest BCUT2D eigenvalue weighted by atomic mass is 10.2. The second-order valence-electron chi connectivity index (χ2n) is 3.01. The molecule has 74 valence electrons. The maximum Gasteiger partial charge on any atom is 0.0895 e. The summed E-state index contributed by atoms with van der Waals surface area (Å²) >= 11 is 0. The first-order valence-corrected chi connectivity index (χ1v) is 4.33. The van der Waals surface area contributed by atoms with E-state index in [9.17, 15) is 0 Å². The van der Waals surface area contributed by atoms with Gasteiger partial charge in [0, 0.05) is 19.2 Å². The fraction of sp³-hybridized carbons (Fsp3) is 1.00. The van der Waals surface area contributed by atoms with Gasteiger partial charge in [0.05, 0.1) is 12.7 Å². The molecule has 0 aromatic heterocycles. The Morgan fingerprint density at radius 1 is 1.33 bits per heavy atom. The first-order valence-electron chi connectivity index (χ1n) is 4.33. The van der Waals surface area contributed by atoms with Gasteiger partial charge in [-0.25, -0.2) is 0 Å². The van der Waals surface area contributed by atoms with Crippen LogP contribution in [0.1, 0.15) is 19.8 Å². The summed E-state index contributed by atoms with van der Waals surface area (Å²) in [4.78, 5) is 0. The molecule has 0 radical (unpaired) electrons. The normalized spacial score (nSPS) is 16.0. The topological polar surface area (TPSA) is 72.7 Å². The lowest BCUT2D eigenvalue weighted by Crippen LogP contribution is -2.35. The van der Waals surface area contributed by atoms with E-state index in [4.69, 9.17) is 15.3 Å². The molecule has 0 aliphatic carbocycles. The van der Waals surface area contributed by atoms with Crippen molar-refractivity contribution >= 4 is 0 Å². The summed E-state index contributed by atoms with van der Waals surface area (Å²) in [5.41, 5.74) is 0. The van der Waals surface area contributed by atoms with Gasteiger partial charge >= 0.3 is 0 Å². The fourth-order valence-electron chi connectivity index (χ4n) is 0.901. The molecule has 0 saturated carbocycles. The second-order valence-corrected chi connectivity index (χ2v) is 3.01. The minimum absolute atomic E-state index is 0.203. The number of nitrogens with one attached hydrogen (secondary N) is 1. The number of aliphatic hydroxyl groups excluding tert-OH is 3. The van der Waals surface area contributed by atoms with Gasteiger partial charge in [-0.15, -0.1) is 0 Å². The smallest absolute Gasteiger partial charge is 0.0895 e. The van der Waals surface area contributed by atoms with Gasteiger partial charge in [0.25, 0.3) is 0 Å². The van der Waals surface area contributed by atoms with E-state index in [0.717, 1.165) is 12.8 Å². The van der Waals surface area contributed by atoms with E-state index < -0.39 is 6.10 Å². The molecule has 0 aliphatic heterocycles. The van der Waals surface area contributed by atoms with E-state index in [1.807, 2.05) is 6.92 Å². The molecule has 0 aromatic rings. The lowest BCUT2D eigenvalue weighted by molar-refractivity contribution is 0.0918. The summed E-state index contributed by atoms with van der Waals surface area (Å²) in [6, 6.07) is 0.276. The van der Waals surface area contributed by atoms with Crippen LogP contribution in [0.25, 0.3) is 0 Å². The Hall–Kier alpha value is -0.160. The summed E-state index contributed by atoms with van der Waals surface area (Å²) in [5.74, 6) is 0. The van der Waals surface area contributed by atoms with Crippen LogP contribution in [0.2, 0.25) is 0 Å². The van der Waals surface area contributed by atoms with Gasteiger partial charge in [0.1, 0.15) is 0 Å². The van der Waals surface area contributed by atoms with Crippen LogP contribution >= 0.6 is 0 Å². The summed E-state index contributed by atoms with van der Waals surface area (Å²) < 4.78 is 0. The van der Waals surface area contributed by atoms with Crippen molar-refractivity contribution in [3.63, 3.8) is 0 Å². The zero-order valence-corrected chi connectivity index (χ0v) is 7.53. The van der Waals surface area contributed by atoms with Crippen LogP contribution < -0.4 is 5.32 Å². The van der Waals surface area contributed by atoms with Crippen molar-refractivity contribution in [3.05, 3.63) is 0 Å². The zero-order chi connectivity index (χ0) is 9.40. The second kappa shape index (κ2) is 7.49. The van der Waals surface area contributed by atoms with Gasteiger partial charge in [-0.2, -0.15) is 0 Å². The van der Waals surface area contributed by atoms with E-state index in [1.165, 1.54) is 0 Å². The third kappa shape index (κ3) is 6.54. The van der Waals surface area contributed by atoms with Crippen molar-refractivity contribution in [2.75, 3.05) is 19.8 Å². The van der Waals surface area contributed by atoms with Crippen molar-refractivity contribution in [2.45, 2.75) is 31.9 Å². The van der Waals surface area contributed by atoms with Crippen molar-refractivity contribution in [1.82, 2.24) is 5.32 Å². The maximum atomic E-state index is 8.97. The van der Waals surface area contributed by atoms with Crippen molar-refractivity contribution in [2.24, 2.45) is 0 Å². The SMILES string of the molecule is CC(CCCO)NC[C@H](O)CO. The molecule has 0 saturated heterocycles. The molecule has 0 aromatic carbocycles. The van der Waals surface area contributed by atoms with Gasteiger partial charge in [0.2, 0.25) is 0 Å². The summed E-state index contributed by atoms with van der Waals surface area (Å²) in [5, 5.41) is 29.0. The number of hydrogen-bond donors (Lipinski definition) is 4. The molecular weight excluding hydrogens is 158 g/mol. The molecule has 0 fully saturated rings. The van der Waals surface area contributed by atoms with E-state index >= 15 is 0 Å². The monoisotopic (exact) mass is 177 g/mol. The van der Waals surface area contributed by atoms with Crippen molar-refractivity contribution < 1.29 is 15.3 Å². The van der Waals surface area contributed by atoms with Crippen LogP contribution in [0, 0.1) is 0 Å². The largest absolute Gasteiger partial charge is 0.396 e. The lowest BCUT2D eigenvalue weighted by Gasteiger charge is -2.15. The summed E-state index contributed by atoms with van der Waals surface area (Å²) in [7, 11) is 0. The first-order chi connectivity index (χ1) is 5.70. The van der Waals surface area contributed by atoms with E-state index in [1.54, 1.807) is 0 Å². The van der Waals surface area contributed by atoms with Crippen molar-refractivity contribution in [1.29, 1.82) is 0 Å². The Morgan fingerprint density at radius 2 is 2.00 bits per heavy atom. The molecule has 0 spiro atoms. The molecule has 0 bridgehead atoms. The molecular formula is C8H19NO3. The summed E-state index contributed by atoms with van der Waals surface area (Å²) in [6.07, 6.45) is 0.972. The Bertz CT molecular complexity index is 100. The molecule has 4 heteroatoms. The Labute approximate surface area is 73.2 Å². The Kier molecular flexibility index (Phi) is 7.39. The van der Waals surface area contributed by atoms with Crippen LogP contribution in [-0.4, -0.2) is 47.2 Å². The highest BCUT2D eigenvalue weighted by atomic mass is 16.3. The minimum Gasteiger partial charge on any atom is -0.396 e. The number of hydrogen-bond acceptors (Lipinski definition) is 4. The molecule has 0 rings (SSSR count). The molecule has 0 aliphatic rings. The fourth-order valence-corrected chi connectivity index (χ4v) is 0.901. The standard InChI is InChI=1S/C8H19NO3/c1-7(3-2-4-10)9-5-8(12)6-11/h7-12H,2-6H2,1H3/t7?,8-/m0/s1. The molecule has 2 atom stereocenters. The van der Waals surface area contributed by atoms with E-state index in [-0.39, 0.29) is 19.3 Å². The number of aliphatic hydroxyl groups is 3. The van der Waals surface area contributed by atoms with Crippen LogP contribution in [0.5, 0.6) is 0 Å². The van der Waals surface area contributed by atoms with E-state index in [2.05, 4.69) is 5.32 Å². The molecule has 12 heavy (non-hydrogen) atoms. The molecule has 1 unspecified atom stereocenters. The maximum absolute atomic E-state index is 8.97. The zero-order valence-electron chi connectivity index (χ0n) is 7.53. The predicted molar refractivity (Wildman–Crippen MR) is 46.9 cm³/mol. The summed E-state index contributed by atoms with van der Waals surface area (Å²) in [6.45, 7) is 2.39. The Morgan fingerprint density at radius 3 is 2.50 bits per heavy atom. The highest BCUT2D eigenvalue weighted by Gasteiger charge is 2.04. The van der Waals surface area contributed by atoms with Gasteiger partial charge in [-0.1, -0.05) is 0 Å². The molecule has 0 heterocycles. The highest BCUT2D eigenvalue weighted by Crippen LogP contribution is 1.94. The average Bonchev–Trinajstić information content (AvgIpc) is 2.10. The Balaban J connectivity index is 3.24. The molecule has 4 N–H and O–H groups in total. The molecule has 4 nitrogen and oxygen atoms in total. The van der Waals surface area contributed by atoms with E-state index in [0.29, 0.717) is 6.54 Å².